The van der Waals surface area contributed by atoms with Crippen molar-refractivity contribution >= 4 is 5.91 Å². The third-order valence-electron chi connectivity index (χ3n) is 3.94. The number of carbonyl (C=O) groups excluding carboxylic acids is 1. The van der Waals surface area contributed by atoms with Crippen molar-refractivity contribution in [1.29, 1.82) is 0 Å². The molecule has 1 aliphatic carbocycles. The average Bonchev–Trinajstić information content (AvgIpc) is 2.40. The first-order valence-corrected chi connectivity index (χ1v) is 7.08. The maximum Gasteiger partial charge on any atom is 0.236 e. The highest BCUT2D eigenvalue weighted by Crippen LogP contribution is 2.16. The van der Waals surface area contributed by atoms with E-state index in [2.05, 4.69) is 29.4 Å². The first-order chi connectivity index (χ1) is 8.75. The van der Waals surface area contributed by atoms with E-state index in [1.807, 2.05) is 4.90 Å². The summed E-state index contributed by atoms with van der Waals surface area (Å²) in [4.78, 5) is 16.2. The molecule has 1 heterocycles. The van der Waals surface area contributed by atoms with Gasteiger partial charge in [0.2, 0.25) is 5.91 Å². The van der Waals surface area contributed by atoms with Crippen molar-refractivity contribution in [3.05, 3.63) is 12.2 Å². The number of piperazine rings is 1. The largest absolute Gasteiger partial charge is 0.339 e. The lowest BCUT2D eigenvalue weighted by molar-refractivity contribution is -0.131. The van der Waals surface area contributed by atoms with Gasteiger partial charge in [-0.2, -0.15) is 0 Å². The van der Waals surface area contributed by atoms with Crippen LogP contribution in [0.2, 0.25) is 0 Å². The molecule has 1 saturated heterocycles. The molecular weight excluding hydrogens is 226 g/mol. The number of nitrogens with zero attached hydrogens (tertiary/aromatic N) is 2. The maximum atomic E-state index is 12.0. The van der Waals surface area contributed by atoms with E-state index in [0.717, 1.165) is 45.1 Å². The Morgan fingerprint density at radius 2 is 2.06 bits per heavy atom. The number of allylic oxidation sites excluding steroid dienone is 2. The van der Waals surface area contributed by atoms with Gasteiger partial charge < -0.3 is 15.1 Å². The molecule has 0 spiro atoms. The van der Waals surface area contributed by atoms with Gasteiger partial charge in [0.05, 0.1) is 6.54 Å². The van der Waals surface area contributed by atoms with Crippen LogP contribution in [0.15, 0.2) is 12.2 Å². The number of amides is 1. The standard InChI is InChI=1S/C14H25N3O/c1-16-7-9-17(10-8-16)14(18)12-15-11-13-5-3-2-4-6-13/h2-3,13,15H,4-12H2,1H3. The van der Waals surface area contributed by atoms with Crippen LogP contribution < -0.4 is 5.32 Å². The Morgan fingerprint density at radius 1 is 1.28 bits per heavy atom. The van der Waals surface area contributed by atoms with Gasteiger partial charge in [-0.15, -0.1) is 0 Å². The third kappa shape index (κ3) is 4.10. The molecule has 0 saturated carbocycles. The molecule has 102 valence electrons. The van der Waals surface area contributed by atoms with Crippen LogP contribution in [0.5, 0.6) is 0 Å². The summed E-state index contributed by atoms with van der Waals surface area (Å²) in [6.07, 6.45) is 8.13. The Bertz CT molecular complexity index is 295. The molecule has 1 aliphatic heterocycles. The van der Waals surface area contributed by atoms with Crippen LogP contribution in [0.1, 0.15) is 19.3 Å². The summed E-state index contributed by atoms with van der Waals surface area (Å²) in [6, 6.07) is 0. The first-order valence-electron chi connectivity index (χ1n) is 7.08. The van der Waals surface area contributed by atoms with Crippen molar-refractivity contribution in [1.82, 2.24) is 15.1 Å². The molecule has 1 fully saturated rings. The molecule has 1 unspecified atom stereocenters. The minimum absolute atomic E-state index is 0.259. The van der Waals surface area contributed by atoms with Gasteiger partial charge >= 0.3 is 0 Å². The highest BCUT2D eigenvalue weighted by Gasteiger charge is 2.18. The van der Waals surface area contributed by atoms with Crippen molar-refractivity contribution < 1.29 is 4.79 Å². The fourth-order valence-electron chi connectivity index (χ4n) is 2.59. The number of rotatable bonds is 4. The number of hydrogen-bond acceptors (Lipinski definition) is 3. The number of carbonyl (C=O) groups is 1. The lowest BCUT2D eigenvalue weighted by Gasteiger charge is -2.32. The molecule has 0 radical (unpaired) electrons. The summed E-state index contributed by atoms with van der Waals surface area (Å²) in [5.41, 5.74) is 0. The van der Waals surface area contributed by atoms with Crippen LogP contribution in [0.3, 0.4) is 0 Å². The molecule has 1 N–H and O–H groups in total. The molecule has 2 aliphatic rings. The third-order valence-corrected chi connectivity index (χ3v) is 3.94. The van der Waals surface area contributed by atoms with Crippen LogP contribution in [0.4, 0.5) is 0 Å². The normalized spacial score (nSPS) is 25.4. The van der Waals surface area contributed by atoms with E-state index < -0.39 is 0 Å². The highest BCUT2D eigenvalue weighted by molar-refractivity contribution is 5.78. The SMILES string of the molecule is CN1CCN(C(=O)CNCC2CC=CCC2)CC1. The van der Waals surface area contributed by atoms with Gasteiger partial charge in [-0.25, -0.2) is 0 Å². The number of likely N-dealkylation sites (N-methyl/N-ethyl adjacent to an activating group) is 1. The lowest BCUT2D eigenvalue weighted by Crippen LogP contribution is -2.49. The van der Waals surface area contributed by atoms with E-state index in [4.69, 9.17) is 0 Å². The van der Waals surface area contributed by atoms with Crippen LogP contribution in [0.25, 0.3) is 0 Å². The molecule has 0 bridgehead atoms. The van der Waals surface area contributed by atoms with Crippen molar-refractivity contribution in [2.24, 2.45) is 5.92 Å². The molecule has 0 aromatic rings. The Balaban J connectivity index is 1.61. The lowest BCUT2D eigenvalue weighted by atomic mass is 9.94. The van der Waals surface area contributed by atoms with Gasteiger partial charge in [0, 0.05) is 26.2 Å². The molecule has 18 heavy (non-hydrogen) atoms. The molecule has 1 amide bonds. The second-order valence-electron chi connectivity index (χ2n) is 5.47. The molecule has 2 rings (SSSR count). The smallest absolute Gasteiger partial charge is 0.236 e. The zero-order chi connectivity index (χ0) is 12.8. The van der Waals surface area contributed by atoms with E-state index in [1.165, 1.54) is 12.8 Å². The minimum atomic E-state index is 0.259. The summed E-state index contributed by atoms with van der Waals surface area (Å²) >= 11 is 0. The molecule has 0 aromatic heterocycles. The van der Waals surface area contributed by atoms with Crippen molar-refractivity contribution in [3.8, 4) is 0 Å². The summed E-state index contributed by atoms with van der Waals surface area (Å²) in [5.74, 6) is 0.977. The Labute approximate surface area is 110 Å². The van der Waals surface area contributed by atoms with Crippen molar-refractivity contribution in [3.63, 3.8) is 0 Å². The van der Waals surface area contributed by atoms with Crippen LogP contribution in [-0.4, -0.2) is 62.0 Å². The Hall–Kier alpha value is -0.870. The predicted molar refractivity (Wildman–Crippen MR) is 73.4 cm³/mol. The molecule has 1 atom stereocenters. The maximum absolute atomic E-state index is 12.0. The van der Waals surface area contributed by atoms with Crippen LogP contribution in [-0.2, 0) is 4.79 Å². The minimum Gasteiger partial charge on any atom is -0.339 e. The molecular formula is C14H25N3O. The van der Waals surface area contributed by atoms with E-state index >= 15 is 0 Å². The highest BCUT2D eigenvalue weighted by atomic mass is 16.2. The van der Waals surface area contributed by atoms with Gasteiger partial charge in [-0.1, -0.05) is 12.2 Å². The molecule has 4 nitrogen and oxygen atoms in total. The predicted octanol–water partition coefficient (Wildman–Crippen LogP) is 0.706. The van der Waals surface area contributed by atoms with Crippen molar-refractivity contribution in [2.75, 3.05) is 46.3 Å². The van der Waals surface area contributed by atoms with E-state index in [-0.39, 0.29) is 5.91 Å². The van der Waals surface area contributed by atoms with Gasteiger partial charge in [-0.3, -0.25) is 4.79 Å². The van der Waals surface area contributed by atoms with E-state index in [0.29, 0.717) is 6.54 Å². The van der Waals surface area contributed by atoms with Gasteiger partial charge in [0.15, 0.2) is 0 Å². The Morgan fingerprint density at radius 3 is 2.72 bits per heavy atom. The van der Waals surface area contributed by atoms with E-state index in [9.17, 15) is 4.79 Å². The fourth-order valence-corrected chi connectivity index (χ4v) is 2.59. The number of nitrogens with one attached hydrogen (secondary N) is 1. The summed E-state index contributed by atoms with van der Waals surface area (Å²) in [5, 5.41) is 3.32. The summed E-state index contributed by atoms with van der Waals surface area (Å²) in [6.45, 7) is 5.23. The zero-order valence-electron chi connectivity index (χ0n) is 11.4. The zero-order valence-corrected chi connectivity index (χ0v) is 11.4. The topological polar surface area (TPSA) is 35.6 Å². The van der Waals surface area contributed by atoms with Crippen molar-refractivity contribution in [2.45, 2.75) is 19.3 Å². The fraction of sp³-hybridized carbons (Fsp3) is 0.786. The van der Waals surface area contributed by atoms with Gasteiger partial charge in [0.25, 0.3) is 0 Å². The van der Waals surface area contributed by atoms with Crippen LogP contribution in [0, 0.1) is 5.92 Å². The number of hydrogen-bond donors (Lipinski definition) is 1. The first kappa shape index (κ1) is 13.6. The average molecular weight is 251 g/mol. The molecule has 0 aromatic carbocycles. The quantitative estimate of drug-likeness (QED) is 0.747. The Kier molecular flexibility index (Phi) is 5.20. The monoisotopic (exact) mass is 251 g/mol. The molecule has 4 heteroatoms. The summed E-state index contributed by atoms with van der Waals surface area (Å²) in [7, 11) is 2.11. The second-order valence-corrected chi connectivity index (χ2v) is 5.47. The van der Waals surface area contributed by atoms with Gasteiger partial charge in [-0.05, 0) is 38.8 Å². The van der Waals surface area contributed by atoms with E-state index in [1.54, 1.807) is 0 Å². The second kappa shape index (κ2) is 6.90. The van der Waals surface area contributed by atoms with Crippen LogP contribution >= 0.6 is 0 Å². The summed E-state index contributed by atoms with van der Waals surface area (Å²) < 4.78 is 0. The van der Waals surface area contributed by atoms with Gasteiger partial charge in [0.1, 0.15) is 0 Å².